The molecule has 0 saturated carbocycles. The van der Waals surface area contributed by atoms with Crippen LogP contribution < -0.4 is 10.6 Å². The average Bonchev–Trinajstić information content (AvgIpc) is 2.54. The summed E-state index contributed by atoms with van der Waals surface area (Å²) in [6.45, 7) is 0.719. The molecule has 0 spiro atoms. The van der Waals surface area contributed by atoms with Gasteiger partial charge in [-0.05, 0) is 54.2 Å². The zero-order valence-corrected chi connectivity index (χ0v) is 14.2. The van der Waals surface area contributed by atoms with Crippen LogP contribution in [-0.4, -0.2) is 17.4 Å². The number of para-hydroxylation sites is 1. The van der Waals surface area contributed by atoms with Gasteiger partial charge in [0.2, 0.25) is 0 Å². The number of hydrogen-bond donors (Lipinski definition) is 2. The van der Waals surface area contributed by atoms with Crippen LogP contribution >= 0.6 is 24.0 Å². The van der Waals surface area contributed by atoms with Crippen molar-refractivity contribution in [1.82, 2.24) is 5.32 Å². The molecule has 0 unspecified atom stereocenters. The lowest BCUT2D eigenvalue weighted by Gasteiger charge is -2.11. The van der Waals surface area contributed by atoms with Gasteiger partial charge in [0.25, 0.3) is 0 Å². The first-order valence-corrected chi connectivity index (χ1v) is 8.83. The van der Waals surface area contributed by atoms with Crippen LogP contribution in [0, 0.1) is 11.6 Å². The molecular formula is C17H18F2N2S2. The van der Waals surface area contributed by atoms with E-state index in [4.69, 9.17) is 12.2 Å². The fraction of sp³-hybridized carbons (Fsp3) is 0.235. The number of thiocarbonyl (C=S) groups is 1. The maximum atomic E-state index is 13.4. The van der Waals surface area contributed by atoms with Crippen LogP contribution in [0.5, 0.6) is 0 Å². The molecule has 2 N–H and O–H groups in total. The Bertz CT molecular complexity index is 633. The highest BCUT2D eigenvalue weighted by Crippen LogP contribution is 2.14. The molecule has 2 nitrogen and oxygen atoms in total. The van der Waals surface area contributed by atoms with E-state index in [0.29, 0.717) is 10.8 Å². The third-order valence-corrected chi connectivity index (χ3v) is 4.42. The van der Waals surface area contributed by atoms with Crippen molar-refractivity contribution in [2.45, 2.75) is 12.2 Å². The summed E-state index contributed by atoms with van der Waals surface area (Å²) >= 11 is 6.92. The number of nitrogens with one attached hydrogen (secondary N) is 2. The van der Waals surface area contributed by atoms with Gasteiger partial charge in [-0.3, -0.25) is 0 Å². The van der Waals surface area contributed by atoms with Crippen molar-refractivity contribution in [1.29, 1.82) is 0 Å². The normalized spacial score (nSPS) is 10.3. The average molecular weight is 352 g/mol. The number of anilines is 1. The molecule has 23 heavy (non-hydrogen) atoms. The minimum atomic E-state index is -0.327. The SMILES string of the molecule is Fc1ccc(CSCCCNC(=S)Nc2ccccc2F)cc1. The Kier molecular flexibility index (Phi) is 7.29. The minimum absolute atomic E-state index is 0.209. The summed E-state index contributed by atoms with van der Waals surface area (Å²) in [4.78, 5) is 0. The monoisotopic (exact) mass is 352 g/mol. The Morgan fingerprint density at radius 2 is 1.78 bits per heavy atom. The topological polar surface area (TPSA) is 24.1 Å². The van der Waals surface area contributed by atoms with Gasteiger partial charge in [0, 0.05) is 12.3 Å². The molecule has 0 heterocycles. The summed E-state index contributed by atoms with van der Waals surface area (Å²) in [6.07, 6.45) is 0.935. The molecule has 2 aromatic carbocycles. The van der Waals surface area contributed by atoms with Gasteiger partial charge >= 0.3 is 0 Å². The van der Waals surface area contributed by atoms with Crippen molar-refractivity contribution in [2.24, 2.45) is 0 Å². The number of halogens is 2. The summed E-state index contributed by atoms with van der Waals surface area (Å²) in [5, 5.41) is 6.31. The van der Waals surface area contributed by atoms with E-state index in [1.54, 1.807) is 42.1 Å². The molecule has 2 rings (SSSR count). The number of rotatable bonds is 7. The standard InChI is InChI=1S/C17H18F2N2S2/c18-14-8-6-13(7-9-14)12-23-11-3-10-20-17(22)21-16-5-2-1-4-15(16)19/h1-2,4-9H,3,10-12H2,(H2,20,21,22). The summed E-state index contributed by atoms with van der Waals surface area (Å²) in [6, 6.07) is 13.0. The van der Waals surface area contributed by atoms with Gasteiger partial charge in [-0.15, -0.1) is 0 Å². The van der Waals surface area contributed by atoms with Crippen LogP contribution in [0.1, 0.15) is 12.0 Å². The molecule has 0 bridgehead atoms. The van der Waals surface area contributed by atoms with E-state index < -0.39 is 0 Å². The molecule has 0 fully saturated rings. The largest absolute Gasteiger partial charge is 0.362 e. The number of thioether (sulfide) groups is 1. The van der Waals surface area contributed by atoms with Crippen molar-refractivity contribution in [3.8, 4) is 0 Å². The van der Waals surface area contributed by atoms with Crippen molar-refractivity contribution >= 4 is 34.8 Å². The molecule has 0 saturated heterocycles. The van der Waals surface area contributed by atoms with E-state index >= 15 is 0 Å². The molecule has 0 aliphatic carbocycles. The molecule has 0 radical (unpaired) electrons. The highest BCUT2D eigenvalue weighted by atomic mass is 32.2. The lowest BCUT2D eigenvalue weighted by molar-refractivity contribution is 0.627. The Balaban J connectivity index is 1.57. The molecule has 2 aromatic rings. The molecule has 0 atom stereocenters. The second kappa shape index (κ2) is 9.47. The summed E-state index contributed by atoms with van der Waals surface area (Å²) in [5.41, 5.74) is 1.48. The van der Waals surface area contributed by atoms with Gasteiger partial charge in [-0.25, -0.2) is 8.78 Å². The van der Waals surface area contributed by atoms with E-state index in [9.17, 15) is 8.78 Å². The van der Waals surface area contributed by atoms with E-state index in [1.165, 1.54) is 18.2 Å². The van der Waals surface area contributed by atoms with Crippen LogP contribution in [0.2, 0.25) is 0 Å². The molecular weight excluding hydrogens is 334 g/mol. The first kappa shape index (κ1) is 17.7. The molecule has 0 aromatic heterocycles. The van der Waals surface area contributed by atoms with Crippen molar-refractivity contribution < 1.29 is 8.78 Å². The smallest absolute Gasteiger partial charge is 0.170 e. The third-order valence-electron chi connectivity index (χ3n) is 3.06. The summed E-state index contributed by atoms with van der Waals surface area (Å²) in [7, 11) is 0. The zero-order chi connectivity index (χ0) is 16.5. The predicted octanol–water partition coefficient (Wildman–Crippen LogP) is 4.57. The summed E-state index contributed by atoms with van der Waals surface area (Å²) < 4.78 is 26.2. The Labute approximate surface area is 144 Å². The minimum Gasteiger partial charge on any atom is -0.362 e. The van der Waals surface area contributed by atoms with Crippen LogP contribution in [0.4, 0.5) is 14.5 Å². The molecule has 0 aliphatic rings. The van der Waals surface area contributed by atoms with Crippen molar-refractivity contribution in [3.05, 3.63) is 65.7 Å². The second-order valence-electron chi connectivity index (χ2n) is 4.89. The molecule has 122 valence electrons. The maximum Gasteiger partial charge on any atom is 0.170 e. The predicted molar refractivity (Wildman–Crippen MR) is 97.8 cm³/mol. The van der Waals surface area contributed by atoms with Crippen molar-refractivity contribution in [2.75, 3.05) is 17.6 Å². The second-order valence-corrected chi connectivity index (χ2v) is 6.41. The van der Waals surface area contributed by atoms with Crippen molar-refractivity contribution in [3.63, 3.8) is 0 Å². The van der Waals surface area contributed by atoms with E-state index in [-0.39, 0.29) is 11.6 Å². The Morgan fingerprint density at radius 1 is 1.04 bits per heavy atom. The fourth-order valence-corrected chi connectivity index (χ4v) is 3.01. The van der Waals surface area contributed by atoms with Crippen LogP contribution in [0.25, 0.3) is 0 Å². The van der Waals surface area contributed by atoms with Crippen LogP contribution in [0.15, 0.2) is 48.5 Å². The molecule has 6 heteroatoms. The van der Waals surface area contributed by atoms with E-state index in [1.807, 2.05) is 0 Å². The first-order valence-electron chi connectivity index (χ1n) is 7.27. The maximum absolute atomic E-state index is 13.4. The van der Waals surface area contributed by atoms with Gasteiger partial charge in [0.1, 0.15) is 11.6 Å². The quantitative estimate of drug-likeness (QED) is 0.563. The van der Waals surface area contributed by atoms with Gasteiger partial charge < -0.3 is 10.6 Å². The zero-order valence-electron chi connectivity index (χ0n) is 12.5. The Hall–Kier alpha value is -1.66. The molecule has 0 aliphatic heterocycles. The third kappa shape index (κ3) is 6.54. The van der Waals surface area contributed by atoms with E-state index in [2.05, 4.69) is 10.6 Å². The highest BCUT2D eigenvalue weighted by Gasteiger charge is 2.02. The van der Waals surface area contributed by atoms with Crippen LogP contribution in [0.3, 0.4) is 0 Å². The van der Waals surface area contributed by atoms with Gasteiger partial charge in [-0.1, -0.05) is 24.3 Å². The lowest BCUT2D eigenvalue weighted by atomic mass is 10.2. The van der Waals surface area contributed by atoms with Gasteiger partial charge in [-0.2, -0.15) is 11.8 Å². The van der Waals surface area contributed by atoms with Gasteiger partial charge in [0.15, 0.2) is 5.11 Å². The Morgan fingerprint density at radius 3 is 2.52 bits per heavy atom. The first-order chi connectivity index (χ1) is 11.1. The van der Waals surface area contributed by atoms with E-state index in [0.717, 1.165) is 30.0 Å². The fourth-order valence-electron chi connectivity index (χ4n) is 1.88. The highest BCUT2D eigenvalue weighted by molar-refractivity contribution is 7.98. The molecule has 0 amide bonds. The number of hydrogen-bond acceptors (Lipinski definition) is 2. The lowest BCUT2D eigenvalue weighted by Crippen LogP contribution is -2.29. The van der Waals surface area contributed by atoms with Crippen LogP contribution in [-0.2, 0) is 5.75 Å². The number of benzene rings is 2. The summed E-state index contributed by atoms with van der Waals surface area (Å²) in [5.74, 6) is 1.29. The van der Waals surface area contributed by atoms with Gasteiger partial charge in [0.05, 0.1) is 5.69 Å².